The molecule has 5 rings (SSSR count). The summed E-state index contributed by atoms with van der Waals surface area (Å²) in [5.74, 6) is 0.844. The number of nitrogens with one attached hydrogen (secondary N) is 1. The van der Waals surface area contributed by atoms with E-state index in [1.807, 2.05) is 4.90 Å². The number of aryl methyl sites for hydroxylation is 3. The number of rotatable bonds is 4. The Morgan fingerprint density at radius 1 is 1.00 bits per heavy atom. The van der Waals surface area contributed by atoms with Gasteiger partial charge in [0.25, 0.3) is 5.56 Å². The predicted octanol–water partition coefficient (Wildman–Crippen LogP) is 3.66. The van der Waals surface area contributed by atoms with Crippen molar-refractivity contribution >= 4 is 27.5 Å². The van der Waals surface area contributed by atoms with Crippen LogP contribution in [0.2, 0.25) is 0 Å². The fourth-order valence-electron chi connectivity index (χ4n) is 5.67. The lowest BCUT2D eigenvalue weighted by atomic mass is 9.94. The third-order valence-corrected chi connectivity index (χ3v) is 8.64. The summed E-state index contributed by atoms with van der Waals surface area (Å²) in [5.41, 5.74) is 1.21. The summed E-state index contributed by atoms with van der Waals surface area (Å²) in [4.78, 5) is 40.1. The van der Waals surface area contributed by atoms with Crippen molar-refractivity contribution in [2.75, 3.05) is 26.2 Å². The van der Waals surface area contributed by atoms with Crippen LogP contribution >= 0.6 is 11.3 Å². The van der Waals surface area contributed by atoms with Crippen LogP contribution in [-0.2, 0) is 24.1 Å². The highest BCUT2D eigenvalue weighted by Crippen LogP contribution is 2.32. The fraction of sp³-hybridized carbons (Fsp3) is 0.708. The molecule has 1 amide bonds. The highest BCUT2D eigenvalue weighted by molar-refractivity contribution is 7.18. The van der Waals surface area contributed by atoms with Crippen molar-refractivity contribution in [3.63, 3.8) is 0 Å². The highest BCUT2D eigenvalue weighted by Gasteiger charge is 2.27. The summed E-state index contributed by atoms with van der Waals surface area (Å²) in [6.07, 6.45) is 13.3. The van der Waals surface area contributed by atoms with Crippen LogP contribution < -0.4 is 5.56 Å². The van der Waals surface area contributed by atoms with Gasteiger partial charge in [0.1, 0.15) is 10.7 Å². The minimum atomic E-state index is -0.0204. The fourth-order valence-corrected chi connectivity index (χ4v) is 6.95. The minimum Gasteiger partial charge on any atom is -0.340 e. The van der Waals surface area contributed by atoms with Crippen molar-refractivity contribution in [3.8, 4) is 0 Å². The molecule has 1 saturated heterocycles. The second-order valence-corrected chi connectivity index (χ2v) is 10.5. The lowest BCUT2D eigenvalue weighted by Gasteiger charge is -2.40. The zero-order valence-corrected chi connectivity index (χ0v) is 19.3. The van der Waals surface area contributed by atoms with Gasteiger partial charge in [0.2, 0.25) is 5.91 Å². The number of thiophene rings is 1. The third kappa shape index (κ3) is 4.58. The monoisotopic (exact) mass is 442 g/mol. The van der Waals surface area contributed by atoms with Gasteiger partial charge in [-0.1, -0.05) is 25.7 Å². The van der Waals surface area contributed by atoms with E-state index < -0.39 is 0 Å². The van der Waals surface area contributed by atoms with Gasteiger partial charge in [-0.3, -0.25) is 14.5 Å². The molecule has 3 heterocycles. The zero-order valence-electron chi connectivity index (χ0n) is 18.5. The largest absolute Gasteiger partial charge is 0.340 e. The Morgan fingerprint density at radius 2 is 1.74 bits per heavy atom. The molecule has 0 bridgehead atoms. The van der Waals surface area contributed by atoms with Crippen LogP contribution in [0.1, 0.15) is 74.1 Å². The molecule has 1 aliphatic heterocycles. The van der Waals surface area contributed by atoms with E-state index in [1.54, 1.807) is 11.3 Å². The topological polar surface area (TPSA) is 69.3 Å². The van der Waals surface area contributed by atoms with E-state index in [0.29, 0.717) is 18.7 Å². The van der Waals surface area contributed by atoms with Crippen molar-refractivity contribution in [2.24, 2.45) is 0 Å². The van der Waals surface area contributed by atoms with Crippen molar-refractivity contribution < 1.29 is 4.79 Å². The van der Waals surface area contributed by atoms with Crippen LogP contribution in [0, 0.1) is 0 Å². The van der Waals surface area contributed by atoms with Crippen LogP contribution in [-0.4, -0.2) is 57.9 Å². The standard InChI is InChI=1S/C24H34N4O2S/c29-21(28-15-13-27(14-16-28)17-7-3-1-4-8-17)12-11-20-25-23(30)22-18-9-5-2-6-10-19(18)31-24(22)26-20/h17H,1-16H2,(H,25,26,30). The Kier molecular flexibility index (Phi) is 6.41. The second kappa shape index (κ2) is 9.41. The predicted molar refractivity (Wildman–Crippen MR) is 125 cm³/mol. The molecule has 2 aliphatic carbocycles. The maximum absolute atomic E-state index is 12.8. The number of amides is 1. The number of fused-ring (bicyclic) bond motifs is 3. The van der Waals surface area contributed by atoms with E-state index in [9.17, 15) is 9.59 Å². The van der Waals surface area contributed by atoms with Crippen LogP contribution in [0.25, 0.3) is 10.2 Å². The number of hydrogen-bond acceptors (Lipinski definition) is 5. The quantitative estimate of drug-likeness (QED) is 0.734. The number of piperazine rings is 1. The van der Waals surface area contributed by atoms with Crippen molar-refractivity contribution in [2.45, 2.75) is 83.1 Å². The van der Waals surface area contributed by atoms with E-state index in [2.05, 4.69) is 9.88 Å². The van der Waals surface area contributed by atoms with Gasteiger partial charge in [-0.25, -0.2) is 4.98 Å². The molecule has 2 aromatic heterocycles. The van der Waals surface area contributed by atoms with E-state index in [4.69, 9.17) is 4.98 Å². The maximum Gasteiger partial charge on any atom is 0.259 e. The molecule has 168 valence electrons. The summed E-state index contributed by atoms with van der Waals surface area (Å²) in [6.45, 7) is 3.66. The number of carbonyl (C=O) groups is 1. The van der Waals surface area contributed by atoms with Gasteiger partial charge in [0, 0.05) is 49.9 Å². The lowest BCUT2D eigenvalue weighted by molar-refractivity contribution is -0.133. The van der Waals surface area contributed by atoms with Crippen molar-refractivity contribution in [3.05, 3.63) is 26.6 Å². The van der Waals surface area contributed by atoms with Gasteiger partial charge >= 0.3 is 0 Å². The first kappa shape index (κ1) is 21.1. The number of aromatic amines is 1. The first-order valence-electron chi connectivity index (χ1n) is 12.2. The zero-order chi connectivity index (χ0) is 21.2. The molecule has 6 nitrogen and oxygen atoms in total. The van der Waals surface area contributed by atoms with Gasteiger partial charge < -0.3 is 9.88 Å². The Morgan fingerprint density at radius 3 is 2.55 bits per heavy atom. The van der Waals surface area contributed by atoms with Gasteiger partial charge in [0.15, 0.2) is 0 Å². The molecule has 2 fully saturated rings. The van der Waals surface area contributed by atoms with Crippen molar-refractivity contribution in [1.82, 2.24) is 19.8 Å². The summed E-state index contributed by atoms with van der Waals surface area (Å²) in [5, 5.41) is 0.802. The number of hydrogen-bond donors (Lipinski definition) is 1. The smallest absolute Gasteiger partial charge is 0.259 e. The third-order valence-electron chi connectivity index (χ3n) is 7.46. The molecule has 3 aliphatic rings. The molecule has 1 N–H and O–H groups in total. The molecular weight excluding hydrogens is 408 g/mol. The summed E-state index contributed by atoms with van der Waals surface area (Å²) < 4.78 is 0. The number of aromatic nitrogens is 2. The maximum atomic E-state index is 12.8. The first-order valence-corrected chi connectivity index (χ1v) is 13.1. The molecule has 0 spiro atoms. The van der Waals surface area contributed by atoms with Gasteiger partial charge in [0.05, 0.1) is 5.39 Å². The van der Waals surface area contributed by atoms with E-state index in [1.165, 1.54) is 55.4 Å². The van der Waals surface area contributed by atoms with Crippen molar-refractivity contribution in [1.29, 1.82) is 0 Å². The van der Waals surface area contributed by atoms with Crippen LogP contribution in [0.4, 0.5) is 0 Å². The molecule has 0 aromatic carbocycles. The number of nitrogens with zero attached hydrogens (tertiary/aromatic N) is 3. The Balaban J connectivity index is 1.19. The average Bonchev–Trinajstić information content (AvgIpc) is 3.00. The first-order chi connectivity index (χ1) is 15.2. The van der Waals surface area contributed by atoms with E-state index >= 15 is 0 Å². The summed E-state index contributed by atoms with van der Waals surface area (Å²) >= 11 is 1.69. The summed E-state index contributed by atoms with van der Waals surface area (Å²) in [7, 11) is 0. The van der Waals surface area contributed by atoms with Crippen LogP contribution in [0.3, 0.4) is 0 Å². The molecular formula is C24H34N4O2S. The summed E-state index contributed by atoms with van der Waals surface area (Å²) in [6, 6.07) is 0.730. The lowest BCUT2D eigenvalue weighted by Crippen LogP contribution is -2.52. The second-order valence-electron chi connectivity index (χ2n) is 9.47. The van der Waals surface area contributed by atoms with Crippen LogP contribution in [0.5, 0.6) is 0 Å². The van der Waals surface area contributed by atoms with E-state index in [0.717, 1.165) is 61.7 Å². The molecule has 2 aromatic rings. The van der Waals surface area contributed by atoms with Gasteiger partial charge in [-0.05, 0) is 44.1 Å². The molecule has 1 saturated carbocycles. The minimum absolute atomic E-state index is 0.0204. The Bertz CT molecular complexity index is 983. The normalized spacial score (nSPS) is 21.2. The molecule has 0 atom stereocenters. The van der Waals surface area contributed by atoms with Gasteiger partial charge in [-0.15, -0.1) is 11.3 Å². The highest BCUT2D eigenvalue weighted by atomic mass is 32.1. The van der Waals surface area contributed by atoms with Gasteiger partial charge in [-0.2, -0.15) is 0 Å². The average molecular weight is 443 g/mol. The Labute approximate surface area is 188 Å². The van der Waals surface area contributed by atoms with Crippen LogP contribution in [0.15, 0.2) is 4.79 Å². The number of H-pyrrole nitrogens is 1. The molecule has 31 heavy (non-hydrogen) atoms. The molecule has 0 unspecified atom stereocenters. The number of carbonyl (C=O) groups excluding carboxylic acids is 1. The molecule has 7 heteroatoms. The molecule has 0 radical (unpaired) electrons. The Hall–Kier alpha value is -1.73. The van der Waals surface area contributed by atoms with E-state index in [-0.39, 0.29) is 11.5 Å². The SMILES string of the molecule is O=C(CCc1nc2sc3c(c2c(=O)[nH]1)CCCCC3)N1CCN(C2CCCCC2)CC1.